The van der Waals surface area contributed by atoms with Crippen LogP contribution in [0.2, 0.25) is 0 Å². The number of nitrogens with one attached hydrogen (secondary N) is 1. The maximum atomic E-state index is 12.7. The summed E-state index contributed by atoms with van der Waals surface area (Å²) in [6.45, 7) is 2.82. The Balaban J connectivity index is 1.34. The fourth-order valence-electron chi connectivity index (χ4n) is 3.88. The predicted octanol–water partition coefficient (Wildman–Crippen LogP) is 2.33. The van der Waals surface area contributed by atoms with E-state index in [4.69, 9.17) is 0 Å². The van der Waals surface area contributed by atoms with Gasteiger partial charge in [-0.3, -0.25) is 4.79 Å². The standard InChI is InChI=1S/C19H25N3O2/c23-18(15-6-7-15)21-10-3-11-22(13-12-21)19(24)20-17-9-8-14-4-1-2-5-16(14)17/h1-2,4-5,15,17H,3,6-13H2,(H,20,24)/t17-/m0/s1. The summed E-state index contributed by atoms with van der Waals surface area (Å²) in [5.74, 6) is 0.558. The first kappa shape index (κ1) is 15.5. The highest BCUT2D eigenvalue weighted by molar-refractivity contribution is 5.81. The summed E-state index contributed by atoms with van der Waals surface area (Å²) in [6.07, 6.45) is 4.96. The van der Waals surface area contributed by atoms with E-state index in [1.54, 1.807) is 0 Å². The zero-order chi connectivity index (χ0) is 16.5. The van der Waals surface area contributed by atoms with E-state index in [9.17, 15) is 9.59 Å². The van der Waals surface area contributed by atoms with Gasteiger partial charge in [0.15, 0.2) is 0 Å². The first-order valence-corrected chi connectivity index (χ1v) is 9.14. The van der Waals surface area contributed by atoms with Gasteiger partial charge in [-0.25, -0.2) is 4.79 Å². The van der Waals surface area contributed by atoms with Gasteiger partial charge in [0, 0.05) is 32.1 Å². The van der Waals surface area contributed by atoms with Crippen LogP contribution >= 0.6 is 0 Å². The first-order valence-electron chi connectivity index (χ1n) is 9.14. The molecule has 1 aliphatic heterocycles. The van der Waals surface area contributed by atoms with Crippen molar-refractivity contribution in [1.82, 2.24) is 15.1 Å². The van der Waals surface area contributed by atoms with Gasteiger partial charge in [0.1, 0.15) is 0 Å². The molecule has 1 aromatic carbocycles. The van der Waals surface area contributed by atoms with Crippen molar-refractivity contribution < 1.29 is 9.59 Å². The Hall–Kier alpha value is -2.04. The van der Waals surface area contributed by atoms with E-state index < -0.39 is 0 Å². The molecule has 0 spiro atoms. The fourth-order valence-corrected chi connectivity index (χ4v) is 3.88. The smallest absolute Gasteiger partial charge is 0.317 e. The van der Waals surface area contributed by atoms with Crippen molar-refractivity contribution >= 4 is 11.9 Å². The van der Waals surface area contributed by atoms with Crippen LogP contribution in [0, 0.1) is 5.92 Å². The van der Waals surface area contributed by atoms with Gasteiger partial charge in [0.25, 0.3) is 0 Å². The van der Waals surface area contributed by atoms with Crippen LogP contribution in [-0.4, -0.2) is 47.9 Å². The Morgan fingerprint density at radius 2 is 1.71 bits per heavy atom. The molecule has 5 nitrogen and oxygen atoms in total. The summed E-state index contributed by atoms with van der Waals surface area (Å²) in [4.78, 5) is 28.7. The molecular weight excluding hydrogens is 302 g/mol. The van der Waals surface area contributed by atoms with E-state index in [1.165, 1.54) is 11.1 Å². The molecule has 1 heterocycles. The van der Waals surface area contributed by atoms with Crippen molar-refractivity contribution in [1.29, 1.82) is 0 Å². The number of aryl methyl sites for hydroxylation is 1. The summed E-state index contributed by atoms with van der Waals surface area (Å²) in [7, 11) is 0. The summed E-state index contributed by atoms with van der Waals surface area (Å²) in [5, 5.41) is 3.20. The minimum atomic E-state index is 0.0115. The van der Waals surface area contributed by atoms with Crippen LogP contribution in [-0.2, 0) is 11.2 Å². The highest BCUT2D eigenvalue weighted by Gasteiger charge is 2.34. The lowest BCUT2D eigenvalue weighted by Gasteiger charge is -2.24. The van der Waals surface area contributed by atoms with Gasteiger partial charge in [0.05, 0.1) is 6.04 Å². The number of carbonyl (C=O) groups excluding carboxylic acids is 2. The molecule has 2 fully saturated rings. The first-order chi connectivity index (χ1) is 11.7. The summed E-state index contributed by atoms with van der Waals surface area (Å²) >= 11 is 0. The van der Waals surface area contributed by atoms with E-state index >= 15 is 0 Å². The second-order valence-corrected chi connectivity index (χ2v) is 7.18. The van der Waals surface area contributed by atoms with Crippen LogP contribution in [0.3, 0.4) is 0 Å². The van der Waals surface area contributed by atoms with E-state index in [1.807, 2.05) is 15.9 Å². The number of amides is 3. The maximum absolute atomic E-state index is 12.7. The van der Waals surface area contributed by atoms with Gasteiger partial charge >= 0.3 is 6.03 Å². The lowest BCUT2D eigenvalue weighted by atomic mass is 10.1. The molecule has 0 radical (unpaired) electrons. The Labute approximate surface area is 143 Å². The predicted molar refractivity (Wildman–Crippen MR) is 91.5 cm³/mol. The van der Waals surface area contributed by atoms with Crippen molar-refractivity contribution in [3.8, 4) is 0 Å². The number of rotatable bonds is 2. The topological polar surface area (TPSA) is 52.7 Å². The van der Waals surface area contributed by atoms with E-state index in [2.05, 4.69) is 23.5 Å². The molecule has 128 valence electrons. The number of benzene rings is 1. The van der Waals surface area contributed by atoms with Crippen LogP contribution in [0.25, 0.3) is 0 Å². The second-order valence-electron chi connectivity index (χ2n) is 7.18. The number of hydrogen-bond donors (Lipinski definition) is 1. The Morgan fingerprint density at radius 3 is 2.54 bits per heavy atom. The molecular formula is C19H25N3O2. The largest absolute Gasteiger partial charge is 0.341 e. The lowest BCUT2D eigenvalue weighted by Crippen LogP contribution is -2.43. The molecule has 1 N–H and O–H groups in total. The molecule has 0 bridgehead atoms. The van der Waals surface area contributed by atoms with Crippen molar-refractivity contribution in [2.75, 3.05) is 26.2 Å². The summed E-state index contributed by atoms with van der Waals surface area (Å²) < 4.78 is 0. The molecule has 1 aromatic rings. The quantitative estimate of drug-likeness (QED) is 0.906. The third-order valence-corrected chi connectivity index (χ3v) is 5.45. The van der Waals surface area contributed by atoms with Gasteiger partial charge in [0.2, 0.25) is 5.91 Å². The second kappa shape index (κ2) is 6.46. The van der Waals surface area contributed by atoms with Crippen LogP contribution in [0.1, 0.15) is 42.9 Å². The molecule has 3 aliphatic rings. The van der Waals surface area contributed by atoms with Crippen LogP contribution in [0.15, 0.2) is 24.3 Å². The average Bonchev–Trinajstić information content (AvgIpc) is 3.40. The molecule has 5 heteroatoms. The zero-order valence-corrected chi connectivity index (χ0v) is 14.0. The Bertz CT molecular complexity index is 641. The van der Waals surface area contributed by atoms with E-state index in [0.29, 0.717) is 19.0 Å². The Kier molecular flexibility index (Phi) is 4.17. The molecule has 1 atom stereocenters. The average molecular weight is 327 g/mol. The number of nitrogens with zero attached hydrogens (tertiary/aromatic N) is 2. The highest BCUT2D eigenvalue weighted by Crippen LogP contribution is 2.32. The van der Waals surface area contributed by atoms with Gasteiger partial charge in [-0.2, -0.15) is 0 Å². The molecule has 2 aliphatic carbocycles. The van der Waals surface area contributed by atoms with Gasteiger partial charge in [-0.05, 0) is 43.2 Å². The molecule has 0 aromatic heterocycles. The minimum Gasteiger partial charge on any atom is -0.341 e. The minimum absolute atomic E-state index is 0.0115. The SMILES string of the molecule is O=C(N[C@H]1CCc2ccccc21)N1CCCN(C(=O)C2CC2)CC1. The van der Waals surface area contributed by atoms with Crippen molar-refractivity contribution in [2.24, 2.45) is 5.92 Å². The zero-order valence-electron chi connectivity index (χ0n) is 14.0. The van der Waals surface area contributed by atoms with Crippen LogP contribution in [0.5, 0.6) is 0 Å². The number of fused-ring (bicyclic) bond motifs is 1. The third-order valence-electron chi connectivity index (χ3n) is 5.45. The van der Waals surface area contributed by atoms with Gasteiger partial charge < -0.3 is 15.1 Å². The molecule has 3 amide bonds. The van der Waals surface area contributed by atoms with E-state index in [-0.39, 0.29) is 18.0 Å². The maximum Gasteiger partial charge on any atom is 0.317 e. The fraction of sp³-hybridized carbons (Fsp3) is 0.579. The summed E-state index contributed by atoms with van der Waals surface area (Å²) in [6, 6.07) is 8.50. The lowest BCUT2D eigenvalue weighted by molar-refractivity contribution is -0.132. The van der Waals surface area contributed by atoms with Crippen molar-refractivity contribution in [3.05, 3.63) is 35.4 Å². The molecule has 1 saturated heterocycles. The number of hydrogen-bond acceptors (Lipinski definition) is 2. The summed E-state index contributed by atoms with van der Waals surface area (Å²) in [5.41, 5.74) is 2.60. The van der Waals surface area contributed by atoms with E-state index in [0.717, 1.165) is 45.2 Å². The van der Waals surface area contributed by atoms with Crippen LogP contribution in [0.4, 0.5) is 4.79 Å². The molecule has 4 rings (SSSR count). The van der Waals surface area contributed by atoms with Crippen molar-refractivity contribution in [2.45, 2.75) is 38.1 Å². The number of carbonyl (C=O) groups is 2. The molecule has 1 saturated carbocycles. The number of urea groups is 1. The Morgan fingerprint density at radius 1 is 0.958 bits per heavy atom. The van der Waals surface area contributed by atoms with Gasteiger partial charge in [-0.1, -0.05) is 24.3 Å². The normalized spacial score (nSPS) is 23.6. The third kappa shape index (κ3) is 3.12. The molecule has 0 unspecified atom stereocenters. The van der Waals surface area contributed by atoms with Crippen LogP contribution < -0.4 is 5.32 Å². The van der Waals surface area contributed by atoms with Gasteiger partial charge in [-0.15, -0.1) is 0 Å². The monoisotopic (exact) mass is 327 g/mol. The highest BCUT2D eigenvalue weighted by atomic mass is 16.2. The molecule has 24 heavy (non-hydrogen) atoms. The van der Waals surface area contributed by atoms with Crippen molar-refractivity contribution in [3.63, 3.8) is 0 Å².